The number of phenolic OH excluding ortho intramolecular Hbond substituents is 1. The lowest BCUT2D eigenvalue weighted by molar-refractivity contribution is -0.142. The molecule has 1 aromatic carbocycles. The topological polar surface area (TPSA) is 88.5 Å². The molecule has 6 nitrogen and oxygen atoms in total. The summed E-state index contributed by atoms with van der Waals surface area (Å²) >= 11 is 1.21. The Morgan fingerprint density at radius 1 is 1.38 bits per heavy atom. The Bertz CT molecular complexity index is 654. The van der Waals surface area contributed by atoms with Crippen molar-refractivity contribution in [3.63, 3.8) is 0 Å². The standard InChI is InChI=1S/C14H14N2O4S/c1-2-20-12(18)7-9-8-21-14(15-9)16-13(19)10-5-3-4-6-11(10)17/h3-6,8,17H,2,7H2,1H3,(H,15,16,19). The lowest BCUT2D eigenvalue weighted by Gasteiger charge is -2.03. The molecule has 0 saturated carbocycles. The predicted octanol–water partition coefficient (Wildman–Crippen LogP) is 2.21. The summed E-state index contributed by atoms with van der Waals surface area (Å²) < 4.78 is 4.83. The predicted molar refractivity (Wildman–Crippen MR) is 78.5 cm³/mol. The van der Waals surface area contributed by atoms with Crippen LogP contribution in [0.1, 0.15) is 23.0 Å². The first-order chi connectivity index (χ1) is 10.1. The minimum Gasteiger partial charge on any atom is -0.507 e. The summed E-state index contributed by atoms with van der Waals surface area (Å²) in [6.45, 7) is 2.05. The highest BCUT2D eigenvalue weighted by molar-refractivity contribution is 7.14. The highest BCUT2D eigenvalue weighted by atomic mass is 32.1. The quantitative estimate of drug-likeness (QED) is 0.827. The fraction of sp³-hybridized carbons (Fsp3) is 0.214. The summed E-state index contributed by atoms with van der Waals surface area (Å²) in [5.74, 6) is -0.912. The van der Waals surface area contributed by atoms with Crippen LogP contribution in [-0.4, -0.2) is 28.6 Å². The van der Waals surface area contributed by atoms with Crippen molar-refractivity contribution in [1.29, 1.82) is 0 Å². The van der Waals surface area contributed by atoms with Gasteiger partial charge in [-0.1, -0.05) is 12.1 Å². The molecule has 0 saturated heterocycles. The Kier molecular flexibility index (Phi) is 4.89. The van der Waals surface area contributed by atoms with Crippen LogP contribution in [0.25, 0.3) is 0 Å². The van der Waals surface area contributed by atoms with Gasteiger partial charge in [0.1, 0.15) is 5.75 Å². The van der Waals surface area contributed by atoms with Gasteiger partial charge in [0.05, 0.1) is 24.3 Å². The molecule has 0 radical (unpaired) electrons. The van der Waals surface area contributed by atoms with E-state index in [4.69, 9.17) is 4.74 Å². The summed E-state index contributed by atoms with van der Waals surface area (Å²) in [6, 6.07) is 6.23. The number of phenols is 1. The van der Waals surface area contributed by atoms with E-state index in [1.807, 2.05) is 0 Å². The average Bonchev–Trinajstić information content (AvgIpc) is 2.86. The van der Waals surface area contributed by atoms with Gasteiger partial charge in [-0.3, -0.25) is 14.9 Å². The van der Waals surface area contributed by atoms with E-state index in [1.165, 1.54) is 23.5 Å². The van der Waals surface area contributed by atoms with Crippen LogP contribution in [0.5, 0.6) is 5.75 Å². The number of esters is 1. The molecule has 0 fully saturated rings. The number of aromatic nitrogens is 1. The van der Waals surface area contributed by atoms with Crippen LogP contribution in [0.15, 0.2) is 29.6 Å². The maximum atomic E-state index is 12.0. The number of thiazole rings is 1. The van der Waals surface area contributed by atoms with Gasteiger partial charge in [0.2, 0.25) is 0 Å². The van der Waals surface area contributed by atoms with Gasteiger partial charge < -0.3 is 9.84 Å². The van der Waals surface area contributed by atoms with E-state index >= 15 is 0 Å². The number of aromatic hydroxyl groups is 1. The van der Waals surface area contributed by atoms with Crippen molar-refractivity contribution in [1.82, 2.24) is 4.98 Å². The largest absolute Gasteiger partial charge is 0.507 e. The van der Waals surface area contributed by atoms with E-state index < -0.39 is 5.91 Å². The molecule has 1 aromatic heterocycles. The Morgan fingerprint density at radius 2 is 2.14 bits per heavy atom. The highest BCUT2D eigenvalue weighted by Gasteiger charge is 2.13. The first kappa shape index (κ1) is 15.0. The smallest absolute Gasteiger partial charge is 0.311 e. The summed E-state index contributed by atoms with van der Waals surface area (Å²) in [6.07, 6.45) is 0.0663. The first-order valence-electron chi connectivity index (χ1n) is 6.29. The zero-order chi connectivity index (χ0) is 15.2. The van der Waals surface area contributed by atoms with E-state index in [1.54, 1.807) is 24.4 Å². The number of anilines is 1. The second-order valence-corrected chi connectivity index (χ2v) is 4.96. The number of amides is 1. The SMILES string of the molecule is CCOC(=O)Cc1csc(NC(=O)c2ccccc2O)n1. The van der Waals surface area contributed by atoms with Gasteiger partial charge in [0, 0.05) is 5.38 Å². The van der Waals surface area contributed by atoms with E-state index in [9.17, 15) is 14.7 Å². The summed E-state index contributed by atoms with van der Waals surface area (Å²) in [5.41, 5.74) is 0.700. The molecule has 2 N–H and O–H groups in total. The lowest BCUT2D eigenvalue weighted by atomic mass is 10.2. The molecule has 0 aliphatic carbocycles. The molecule has 0 bridgehead atoms. The van der Waals surface area contributed by atoms with Crippen LogP contribution in [0, 0.1) is 0 Å². The van der Waals surface area contributed by atoms with Crippen LogP contribution < -0.4 is 5.32 Å². The monoisotopic (exact) mass is 306 g/mol. The number of hydrogen-bond acceptors (Lipinski definition) is 6. The molecule has 2 aromatic rings. The van der Waals surface area contributed by atoms with Crippen molar-refractivity contribution < 1.29 is 19.4 Å². The molecular formula is C14H14N2O4S. The number of benzene rings is 1. The molecule has 1 heterocycles. The Morgan fingerprint density at radius 3 is 2.86 bits per heavy atom. The first-order valence-corrected chi connectivity index (χ1v) is 7.17. The van der Waals surface area contributed by atoms with Crippen molar-refractivity contribution in [2.45, 2.75) is 13.3 Å². The number of para-hydroxylation sites is 1. The van der Waals surface area contributed by atoms with E-state index in [0.717, 1.165) is 0 Å². The van der Waals surface area contributed by atoms with Crippen molar-refractivity contribution in [2.24, 2.45) is 0 Å². The van der Waals surface area contributed by atoms with Gasteiger partial charge >= 0.3 is 5.97 Å². The third kappa shape index (κ3) is 4.03. The van der Waals surface area contributed by atoms with E-state index in [-0.39, 0.29) is 23.7 Å². The third-order valence-corrected chi connectivity index (χ3v) is 3.36. The molecule has 2 rings (SSSR count). The zero-order valence-corrected chi connectivity index (χ0v) is 12.1. The normalized spacial score (nSPS) is 10.1. The van der Waals surface area contributed by atoms with Gasteiger partial charge in [-0.2, -0.15) is 0 Å². The Labute approximate surface area is 125 Å². The van der Waals surface area contributed by atoms with Crippen LogP contribution in [-0.2, 0) is 16.0 Å². The fourth-order valence-electron chi connectivity index (χ4n) is 1.64. The minimum absolute atomic E-state index is 0.0663. The molecule has 7 heteroatoms. The van der Waals surface area contributed by atoms with Gasteiger partial charge in [-0.05, 0) is 19.1 Å². The van der Waals surface area contributed by atoms with Crippen molar-refractivity contribution in [3.8, 4) is 5.75 Å². The second-order valence-electron chi connectivity index (χ2n) is 4.10. The Hall–Kier alpha value is -2.41. The van der Waals surface area contributed by atoms with Gasteiger partial charge in [-0.15, -0.1) is 11.3 Å². The summed E-state index contributed by atoms with van der Waals surface area (Å²) in [4.78, 5) is 27.4. The Balaban J connectivity index is 2.01. The molecule has 0 aliphatic heterocycles. The number of ether oxygens (including phenoxy) is 1. The highest BCUT2D eigenvalue weighted by Crippen LogP contribution is 2.20. The maximum Gasteiger partial charge on any atom is 0.311 e. The van der Waals surface area contributed by atoms with Crippen LogP contribution in [0.3, 0.4) is 0 Å². The number of hydrogen-bond donors (Lipinski definition) is 2. The molecule has 0 atom stereocenters. The third-order valence-electron chi connectivity index (χ3n) is 2.55. The summed E-state index contributed by atoms with van der Waals surface area (Å²) in [7, 11) is 0. The molecule has 0 spiro atoms. The molecule has 0 unspecified atom stereocenters. The van der Waals surface area contributed by atoms with Crippen molar-refractivity contribution in [3.05, 3.63) is 40.9 Å². The lowest BCUT2D eigenvalue weighted by Crippen LogP contribution is -2.12. The van der Waals surface area contributed by atoms with Crippen LogP contribution >= 0.6 is 11.3 Å². The average molecular weight is 306 g/mol. The number of carbonyl (C=O) groups excluding carboxylic acids is 2. The van der Waals surface area contributed by atoms with E-state index in [0.29, 0.717) is 17.4 Å². The summed E-state index contributed by atoms with van der Waals surface area (Å²) in [5, 5.41) is 14.2. The molecule has 110 valence electrons. The molecular weight excluding hydrogens is 292 g/mol. The van der Waals surface area contributed by atoms with Crippen molar-refractivity contribution in [2.75, 3.05) is 11.9 Å². The fourth-order valence-corrected chi connectivity index (χ4v) is 2.34. The van der Waals surface area contributed by atoms with Crippen LogP contribution in [0.2, 0.25) is 0 Å². The van der Waals surface area contributed by atoms with E-state index in [2.05, 4.69) is 10.3 Å². The number of rotatable bonds is 5. The zero-order valence-electron chi connectivity index (χ0n) is 11.3. The minimum atomic E-state index is -0.454. The molecule has 0 aliphatic rings. The van der Waals surface area contributed by atoms with Gasteiger partial charge in [-0.25, -0.2) is 4.98 Å². The number of carbonyl (C=O) groups is 2. The van der Waals surface area contributed by atoms with Gasteiger partial charge in [0.25, 0.3) is 5.91 Å². The molecule has 21 heavy (non-hydrogen) atoms. The van der Waals surface area contributed by atoms with Crippen LogP contribution in [0.4, 0.5) is 5.13 Å². The second kappa shape index (κ2) is 6.85. The van der Waals surface area contributed by atoms with Gasteiger partial charge in [0.15, 0.2) is 5.13 Å². The molecule has 1 amide bonds. The number of nitrogens with one attached hydrogen (secondary N) is 1. The maximum absolute atomic E-state index is 12.0. The van der Waals surface area contributed by atoms with Crippen molar-refractivity contribution >= 4 is 28.3 Å². The number of nitrogens with zero attached hydrogens (tertiary/aromatic N) is 1.